The van der Waals surface area contributed by atoms with Crippen molar-refractivity contribution in [2.75, 3.05) is 14.2 Å². The minimum absolute atomic E-state index is 0.117. The fourth-order valence-corrected chi connectivity index (χ4v) is 1.34. The van der Waals surface area contributed by atoms with Crippen LogP contribution in [0.4, 0.5) is 0 Å². The number of nitrogens with one attached hydrogen (secondary N) is 1. The maximum absolute atomic E-state index is 5.30. The second-order valence-corrected chi connectivity index (χ2v) is 3.68. The Morgan fingerprint density at radius 3 is 2.59 bits per heavy atom. The molecule has 3 N–H and O–H groups in total. The molecule has 0 fully saturated rings. The van der Waals surface area contributed by atoms with Crippen LogP contribution < -0.4 is 20.6 Å². The quantitative estimate of drug-likeness (QED) is 0.480. The van der Waals surface area contributed by atoms with Gasteiger partial charge in [-0.3, -0.25) is 5.43 Å². The van der Waals surface area contributed by atoms with Crippen molar-refractivity contribution in [1.29, 1.82) is 0 Å². The van der Waals surface area contributed by atoms with Crippen LogP contribution in [0.15, 0.2) is 23.3 Å². The highest BCUT2D eigenvalue weighted by molar-refractivity contribution is 7.80. The Balaban J connectivity index is 3.08. The number of thiocarbonyl (C=S) groups is 1. The number of nitrogens with two attached hydrogens (primary N) is 1. The van der Waals surface area contributed by atoms with Crippen molar-refractivity contribution < 1.29 is 9.47 Å². The predicted octanol–water partition coefficient (Wildman–Crippen LogP) is 1.26. The highest BCUT2D eigenvalue weighted by atomic mass is 32.1. The third-order valence-electron chi connectivity index (χ3n) is 2.13. The van der Waals surface area contributed by atoms with Gasteiger partial charge >= 0.3 is 0 Å². The number of hydrazone groups is 1. The molecule has 0 atom stereocenters. The van der Waals surface area contributed by atoms with E-state index in [0.29, 0.717) is 11.5 Å². The molecule has 0 saturated heterocycles. The topological polar surface area (TPSA) is 68.9 Å². The van der Waals surface area contributed by atoms with Gasteiger partial charge in [0.25, 0.3) is 0 Å². The molecule has 0 heterocycles. The van der Waals surface area contributed by atoms with E-state index in [2.05, 4.69) is 22.7 Å². The standard InChI is InChI=1S/C11H15N3O2S/c1-7(13-14-11(12)17)9-6-8(15-2)4-5-10(9)16-3/h4-6H,1-3H3,(H3,12,14,17). The van der Waals surface area contributed by atoms with Crippen molar-refractivity contribution in [2.24, 2.45) is 10.8 Å². The predicted molar refractivity (Wildman–Crippen MR) is 71.7 cm³/mol. The molecular formula is C11H15N3O2S. The molecule has 0 bridgehead atoms. The lowest BCUT2D eigenvalue weighted by molar-refractivity contribution is 0.402. The lowest BCUT2D eigenvalue weighted by atomic mass is 10.1. The Kier molecular flexibility index (Phi) is 4.71. The second kappa shape index (κ2) is 6.05. The van der Waals surface area contributed by atoms with Crippen LogP contribution in [0.1, 0.15) is 12.5 Å². The molecule has 0 saturated carbocycles. The largest absolute Gasteiger partial charge is 0.497 e. The number of hydrogen-bond acceptors (Lipinski definition) is 4. The van der Waals surface area contributed by atoms with Gasteiger partial charge in [-0.15, -0.1) is 0 Å². The van der Waals surface area contributed by atoms with Crippen molar-refractivity contribution >= 4 is 23.0 Å². The number of nitrogens with zero attached hydrogens (tertiary/aromatic N) is 1. The van der Waals surface area contributed by atoms with Crippen LogP contribution in [0.5, 0.6) is 11.5 Å². The Labute approximate surface area is 106 Å². The average molecular weight is 253 g/mol. The van der Waals surface area contributed by atoms with Gasteiger partial charge in [0.1, 0.15) is 11.5 Å². The van der Waals surface area contributed by atoms with Crippen LogP contribution in [-0.2, 0) is 0 Å². The van der Waals surface area contributed by atoms with Crippen LogP contribution >= 0.6 is 12.2 Å². The van der Waals surface area contributed by atoms with E-state index in [4.69, 9.17) is 15.2 Å². The van der Waals surface area contributed by atoms with Gasteiger partial charge in [-0.05, 0) is 37.3 Å². The van der Waals surface area contributed by atoms with E-state index in [1.807, 2.05) is 25.1 Å². The van der Waals surface area contributed by atoms with E-state index >= 15 is 0 Å². The maximum Gasteiger partial charge on any atom is 0.184 e. The van der Waals surface area contributed by atoms with Crippen LogP contribution in [0.3, 0.4) is 0 Å². The summed E-state index contributed by atoms with van der Waals surface area (Å²) in [5.41, 5.74) is 9.35. The van der Waals surface area contributed by atoms with E-state index in [9.17, 15) is 0 Å². The molecule has 0 aliphatic rings. The van der Waals surface area contributed by atoms with Crippen molar-refractivity contribution in [3.05, 3.63) is 23.8 Å². The zero-order chi connectivity index (χ0) is 12.8. The number of methoxy groups -OCH3 is 2. The fraction of sp³-hybridized carbons (Fsp3) is 0.273. The first-order chi connectivity index (χ1) is 8.08. The monoisotopic (exact) mass is 253 g/mol. The Bertz CT molecular complexity index is 446. The number of benzene rings is 1. The van der Waals surface area contributed by atoms with Crippen LogP contribution in [0, 0.1) is 0 Å². The third kappa shape index (κ3) is 3.60. The summed E-state index contributed by atoms with van der Waals surface area (Å²) in [6, 6.07) is 5.46. The van der Waals surface area contributed by atoms with Gasteiger partial charge < -0.3 is 15.2 Å². The number of hydrogen-bond donors (Lipinski definition) is 2. The van der Waals surface area contributed by atoms with Gasteiger partial charge in [0.2, 0.25) is 0 Å². The smallest absolute Gasteiger partial charge is 0.184 e. The summed E-state index contributed by atoms with van der Waals surface area (Å²) >= 11 is 4.68. The highest BCUT2D eigenvalue weighted by Crippen LogP contribution is 2.24. The first kappa shape index (κ1) is 13.2. The molecule has 0 aromatic heterocycles. The maximum atomic E-state index is 5.30. The number of rotatable bonds is 4. The van der Waals surface area contributed by atoms with Crippen molar-refractivity contribution in [3.63, 3.8) is 0 Å². The van der Waals surface area contributed by atoms with E-state index in [0.717, 1.165) is 11.3 Å². The molecule has 6 heteroatoms. The number of ether oxygens (including phenoxy) is 2. The molecule has 0 spiro atoms. The molecule has 0 unspecified atom stereocenters. The SMILES string of the molecule is COc1ccc(OC)c(C(C)=NNC(N)=S)c1. The molecule has 0 amide bonds. The molecule has 1 rings (SSSR count). The third-order valence-corrected chi connectivity index (χ3v) is 2.22. The van der Waals surface area contributed by atoms with Crippen molar-refractivity contribution in [3.8, 4) is 11.5 Å². The summed E-state index contributed by atoms with van der Waals surface area (Å²) in [5.74, 6) is 1.43. The van der Waals surface area contributed by atoms with Crippen molar-refractivity contribution in [2.45, 2.75) is 6.92 Å². The molecule has 0 radical (unpaired) electrons. The molecule has 0 aliphatic carbocycles. The van der Waals surface area contributed by atoms with Gasteiger partial charge in [-0.1, -0.05) is 0 Å². The Morgan fingerprint density at radius 2 is 2.06 bits per heavy atom. The first-order valence-corrected chi connectivity index (χ1v) is 5.31. The summed E-state index contributed by atoms with van der Waals surface area (Å²) in [5, 5.41) is 4.16. The van der Waals surface area contributed by atoms with E-state index < -0.39 is 0 Å². The van der Waals surface area contributed by atoms with E-state index in [-0.39, 0.29) is 5.11 Å². The first-order valence-electron chi connectivity index (χ1n) is 4.90. The lowest BCUT2D eigenvalue weighted by Crippen LogP contribution is -2.25. The van der Waals surface area contributed by atoms with Crippen LogP contribution in [-0.4, -0.2) is 25.0 Å². The summed E-state index contributed by atoms with van der Waals surface area (Å²) in [4.78, 5) is 0. The summed E-state index contributed by atoms with van der Waals surface area (Å²) in [6.45, 7) is 1.82. The Hall–Kier alpha value is -1.82. The molecule has 92 valence electrons. The van der Waals surface area contributed by atoms with Gasteiger partial charge in [0.15, 0.2) is 5.11 Å². The summed E-state index contributed by atoms with van der Waals surface area (Å²) < 4.78 is 10.4. The highest BCUT2D eigenvalue weighted by Gasteiger charge is 2.08. The van der Waals surface area contributed by atoms with Crippen LogP contribution in [0.25, 0.3) is 0 Å². The minimum atomic E-state index is 0.117. The van der Waals surface area contributed by atoms with Gasteiger partial charge in [-0.2, -0.15) is 5.10 Å². The zero-order valence-corrected chi connectivity index (χ0v) is 10.8. The zero-order valence-electron chi connectivity index (χ0n) is 9.98. The summed E-state index contributed by atoms with van der Waals surface area (Å²) in [7, 11) is 3.20. The minimum Gasteiger partial charge on any atom is -0.497 e. The van der Waals surface area contributed by atoms with Gasteiger partial charge in [0, 0.05) is 5.56 Å². The lowest BCUT2D eigenvalue weighted by Gasteiger charge is -2.10. The van der Waals surface area contributed by atoms with Crippen LogP contribution in [0.2, 0.25) is 0 Å². The molecule has 17 heavy (non-hydrogen) atoms. The average Bonchev–Trinajstić information content (AvgIpc) is 2.34. The molecule has 0 aliphatic heterocycles. The fourth-order valence-electron chi connectivity index (χ4n) is 1.30. The summed E-state index contributed by atoms with van der Waals surface area (Å²) in [6.07, 6.45) is 0. The van der Waals surface area contributed by atoms with Crippen molar-refractivity contribution in [1.82, 2.24) is 5.43 Å². The van der Waals surface area contributed by atoms with E-state index in [1.54, 1.807) is 14.2 Å². The second-order valence-electron chi connectivity index (χ2n) is 3.24. The van der Waals surface area contributed by atoms with E-state index in [1.165, 1.54) is 0 Å². The van der Waals surface area contributed by atoms with Gasteiger partial charge in [-0.25, -0.2) is 0 Å². The molecule has 1 aromatic rings. The normalized spacial score (nSPS) is 10.9. The Morgan fingerprint density at radius 1 is 1.35 bits per heavy atom. The van der Waals surface area contributed by atoms with Gasteiger partial charge in [0.05, 0.1) is 19.9 Å². The molecular weight excluding hydrogens is 238 g/mol. The molecule has 5 nitrogen and oxygen atoms in total. The molecule has 1 aromatic carbocycles.